The second-order valence-corrected chi connectivity index (χ2v) is 14.0. The molecule has 2 saturated heterocycles. The van der Waals surface area contributed by atoms with Crippen molar-refractivity contribution in [3.05, 3.63) is 45.6 Å². The second kappa shape index (κ2) is 6.67. The van der Waals surface area contributed by atoms with Crippen LogP contribution in [-0.4, -0.2) is 44.6 Å². The second-order valence-electron chi connectivity index (χ2n) is 14.0. The third kappa shape index (κ3) is 2.46. The average Bonchev–Trinajstić information content (AvgIpc) is 3.23. The lowest BCUT2D eigenvalue weighted by atomic mass is 9.38. The van der Waals surface area contributed by atoms with Crippen LogP contribution in [0.3, 0.4) is 0 Å². The Morgan fingerprint density at radius 3 is 1.34 bits per heavy atom. The van der Waals surface area contributed by atoms with Crippen molar-refractivity contribution in [2.24, 2.45) is 34.5 Å². The Labute approximate surface area is 222 Å². The molecule has 8 heteroatoms. The van der Waals surface area contributed by atoms with Crippen molar-refractivity contribution in [2.45, 2.75) is 91.0 Å². The molecule has 204 valence electrons. The molecule has 0 aromatic rings. The van der Waals surface area contributed by atoms with Gasteiger partial charge in [0.2, 0.25) is 11.6 Å². The lowest BCUT2D eigenvalue weighted by Gasteiger charge is -2.62. The first kappa shape index (κ1) is 25.1. The highest BCUT2D eigenvalue weighted by Gasteiger charge is 2.80. The van der Waals surface area contributed by atoms with Gasteiger partial charge < -0.3 is 10.2 Å². The molecular formula is C30H36O8. The molecule has 2 aliphatic heterocycles. The molecule has 2 heterocycles. The molecule has 5 aliphatic carbocycles. The Balaban J connectivity index is 1.47. The van der Waals surface area contributed by atoms with Crippen molar-refractivity contribution in [1.29, 1.82) is 0 Å². The Morgan fingerprint density at radius 1 is 0.658 bits per heavy atom. The zero-order valence-electron chi connectivity index (χ0n) is 23.2. The van der Waals surface area contributed by atoms with Gasteiger partial charge in [-0.05, 0) is 50.7 Å². The number of Topliss-reactive ketones (excluding diaryl/α,β-unsaturated/α-hetero) is 2. The number of rotatable bonds is 0. The fraction of sp³-hybridized carbons (Fsp3) is 0.667. The lowest BCUT2D eigenvalue weighted by Crippen LogP contribution is -2.64. The lowest BCUT2D eigenvalue weighted by molar-refractivity contribution is -0.390. The van der Waals surface area contributed by atoms with Gasteiger partial charge in [-0.15, -0.1) is 0 Å². The Hall–Kier alpha value is -1.94. The van der Waals surface area contributed by atoms with Crippen LogP contribution in [0.2, 0.25) is 0 Å². The molecule has 0 aromatic carbocycles. The Bertz CT molecular complexity index is 1270. The predicted molar refractivity (Wildman–Crippen MR) is 133 cm³/mol. The molecule has 8 nitrogen and oxygen atoms in total. The summed E-state index contributed by atoms with van der Waals surface area (Å²) in [6.45, 7) is 15.4. The van der Waals surface area contributed by atoms with Gasteiger partial charge in [0, 0.05) is 57.8 Å². The summed E-state index contributed by atoms with van der Waals surface area (Å²) in [6.07, 6.45) is 4.22. The highest BCUT2D eigenvalue weighted by atomic mass is 17.2. The number of hydrogen-bond donors (Lipinski definition) is 2. The van der Waals surface area contributed by atoms with Crippen LogP contribution >= 0.6 is 0 Å². The number of aliphatic hydroxyl groups is 2. The normalized spacial score (nSPS) is 49.7. The molecule has 1 saturated carbocycles. The fourth-order valence-electron chi connectivity index (χ4n) is 9.22. The fourth-order valence-corrected chi connectivity index (χ4v) is 9.22. The topological polar surface area (TPSA) is 112 Å². The molecule has 3 fully saturated rings. The van der Waals surface area contributed by atoms with Gasteiger partial charge >= 0.3 is 0 Å². The number of carbonyl (C=O) groups is 2. The molecule has 38 heavy (non-hydrogen) atoms. The predicted octanol–water partition coefficient (Wildman–Crippen LogP) is 3.79. The smallest absolute Gasteiger partial charge is 0.225 e. The molecular weight excluding hydrogens is 488 g/mol. The largest absolute Gasteiger partial charge is 0.360 e. The van der Waals surface area contributed by atoms with Crippen LogP contribution < -0.4 is 0 Å². The Kier molecular flexibility index (Phi) is 4.40. The van der Waals surface area contributed by atoms with Gasteiger partial charge in [-0.3, -0.25) is 9.59 Å². The van der Waals surface area contributed by atoms with Gasteiger partial charge in [-0.25, -0.2) is 9.78 Å². The Morgan fingerprint density at radius 2 is 1.00 bits per heavy atom. The van der Waals surface area contributed by atoms with E-state index < -0.39 is 45.4 Å². The van der Waals surface area contributed by atoms with Crippen LogP contribution in [0.25, 0.3) is 0 Å². The summed E-state index contributed by atoms with van der Waals surface area (Å²) >= 11 is 0. The van der Waals surface area contributed by atoms with Gasteiger partial charge in [0.15, 0.2) is 11.6 Å². The van der Waals surface area contributed by atoms with Gasteiger partial charge in [-0.2, -0.15) is 9.78 Å². The molecule has 0 amide bonds. The zero-order valence-corrected chi connectivity index (χ0v) is 23.2. The molecule has 7 rings (SSSR count). The van der Waals surface area contributed by atoms with E-state index in [9.17, 15) is 19.8 Å². The molecule has 0 bridgehead atoms. The van der Waals surface area contributed by atoms with Crippen LogP contribution in [0.15, 0.2) is 45.6 Å². The number of fused-ring (bicyclic) bond motifs is 8. The quantitative estimate of drug-likeness (QED) is 0.461. The van der Waals surface area contributed by atoms with Crippen molar-refractivity contribution in [1.82, 2.24) is 0 Å². The van der Waals surface area contributed by atoms with Crippen LogP contribution in [0.1, 0.15) is 68.2 Å². The molecule has 0 aromatic heterocycles. The third-order valence-electron chi connectivity index (χ3n) is 11.1. The first-order valence-corrected chi connectivity index (χ1v) is 13.7. The maximum absolute atomic E-state index is 14.2. The standard InChI is InChI=1S/C30H36O8/c1-13-11-29(33)17(25(3,4)35-37-29)9-15-19(13)23(31)21-22-24(32)20-14(2)12-30(34)18(26(5,6)36-38-30)10-16(20)28(22,8)27(15,21)7/h9-10,13-14,21-22,33-34H,11-12H2,1-8H3/t13-,14+,21-,22-,27+,28+,29-,30+/m0/s1. The minimum absolute atomic E-state index is 0.00712. The molecule has 2 N–H and O–H groups in total. The van der Waals surface area contributed by atoms with E-state index in [1.807, 2.05) is 53.7 Å². The summed E-state index contributed by atoms with van der Waals surface area (Å²) in [5, 5.41) is 22.9. The van der Waals surface area contributed by atoms with Gasteiger partial charge in [0.05, 0.1) is 0 Å². The summed E-state index contributed by atoms with van der Waals surface area (Å²) in [5.74, 6) is -4.83. The van der Waals surface area contributed by atoms with Gasteiger partial charge in [-0.1, -0.05) is 39.8 Å². The first-order valence-electron chi connectivity index (χ1n) is 13.7. The molecule has 7 aliphatic rings. The van der Waals surface area contributed by atoms with Crippen LogP contribution in [-0.2, 0) is 29.1 Å². The van der Waals surface area contributed by atoms with E-state index >= 15 is 0 Å². The SMILES string of the molecule is C[C@@H]1C[C@@]2(O)OOC(C)(C)C2=CC2=C1C(=O)[C@@H]1[C@H]3C(=O)C4=C(C=C5C(C)(C)OO[C@@]5(O)C[C@@H]4C)[C@@]3(C)[C@]21C. The molecule has 0 spiro atoms. The van der Waals surface area contributed by atoms with Crippen LogP contribution in [0.5, 0.6) is 0 Å². The van der Waals surface area contributed by atoms with Crippen LogP contribution in [0.4, 0.5) is 0 Å². The summed E-state index contributed by atoms with van der Waals surface area (Å²) in [4.78, 5) is 50.4. The van der Waals surface area contributed by atoms with E-state index in [0.717, 1.165) is 11.1 Å². The maximum atomic E-state index is 14.2. The zero-order chi connectivity index (χ0) is 27.6. The highest BCUT2D eigenvalue weighted by Crippen LogP contribution is 2.79. The monoisotopic (exact) mass is 524 g/mol. The van der Waals surface area contributed by atoms with Crippen LogP contribution in [0, 0.1) is 34.5 Å². The highest BCUT2D eigenvalue weighted by molar-refractivity contribution is 6.14. The molecule has 8 atom stereocenters. The summed E-state index contributed by atoms with van der Waals surface area (Å²) in [5.41, 5.74) is 1.07. The molecule has 0 radical (unpaired) electrons. The minimum atomic E-state index is -1.63. The van der Waals surface area contributed by atoms with Gasteiger partial charge in [0.1, 0.15) is 11.2 Å². The minimum Gasteiger partial charge on any atom is -0.360 e. The van der Waals surface area contributed by atoms with Crippen molar-refractivity contribution in [3.8, 4) is 0 Å². The van der Waals surface area contributed by atoms with Gasteiger partial charge in [0.25, 0.3) is 0 Å². The summed E-state index contributed by atoms with van der Waals surface area (Å²) < 4.78 is 0. The van der Waals surface area contributed by atoms with E-state index in [0.29, 0.717) is 22.3 Å². The number of ketones is 2. The summed E-state index contributed by atoms with van der Waals surface area (Å²) in [7, 11) is 0. The summed E-state index contributed by atoms with van der Waals surface area (Å²) in [6, 6.07) is 0. The number of allylic oxidation sites excluding steroid dienone is 6. The number of hydrogen-bond acceptors (Lipinski definition) is 8. The van der Waals surface area contributed by atoms with E-state index in [1.54, 1.807) is 0 Å². The molecule has 0 unspecified atom stereocenters. The maximum Gasteiger partial charge on any atom is 0.225 e. The first-order chi connectivity index (χ1) is 17.4. The van der Waals surface area contributed by atoms with Crippen molar-refractivity contribution >= 4 is 11.6 Å². The number of carbonyl (C=O) groups excluding carboxylic acids is 2. The average molecular weight is 525 g/mol. The van der Waals surface area contributed by atoms with Crippen molar-refractivity contribution in [3.63, 3.8) is 0 Å². The van der Waals surface area contributed by atoms with Crippen molar-refractivity contribution in [2.75, 3.05) is 0 Å². The van der Waals surface area contributed by atoms with E-state index in [2.05, 4.69) is 13.8 Å². The van der Waals surface area contributed by atoms with E-state index in [1.165, 1.54) is 0 Å². The third-order valence-corrected chi connectivity index (χ3v) is 11.1. The van der Waals surface area contributed by atoms with E-state index in [-0.39, 0.29) is 36.2 Å². The van der Waals surface area contributed by atoms with E-state index in [4.69, 9.17) is 19.6 Å². The van der Waals surface area contributed by atoms with Crippen molar-refractivity contribution < 1.29 is 39.4 Å².